The number of alkyl halides is 4. The number of hydrogen-bond donors (Lipinski definition) is 2. The third-order valence-electron chi connectivity index (χ3n) is 2.74. The van der Waals surface area contributed by atoms with Crippen molar-refractivity contribution >= 4 is 23.7 Å². The number of aromatic carboxylic acids is 1. The van der Waals surface area contributed by atoms with E-state index in [4.69, 9.17) is 5.11 Å². The van der Waals surface area contributed by atoms with Crippen LogP contribution in [0.1, 0.15) is 32.7 Å². The van der Waals surface area contributed by atoms with Gasteiger partial charge in [-0.05, 0) is 24.3 Å². The van der Waals surface area contributed by atoms with Crippen LogP contribution in [0.5, 0.6) is 5.75 Å². The van der Waals surface area contributed by atoms with Gasteiger partial charge in [0, 0.05) is 11.1 Å². The Kier molecular flexibility index (Phi) is 7.93. The van der Waals surface area contributed by atoms with Crippen LogP contribution in [0.3, 0.4) is 0 Å². The van der Waals surface area contributed by atoms with Crippen LogP contribution in [0, 0.1) is 0 Å². The topological polar surface area (TPSA) is 63.6 Å². The quantitative estimate of drug-likeness (QED) is 0.588. The molecule has 0 radical (unpaired) electrons. The number of halogens is 4. The summed E-state index contributed by atoms with van der Waals surface area (Å²) in [6, 6.07) is 9.83. The van der Waals surface area contributed by atoms with Gasteiger partial charge in [-0.1, -0.05) is 24.3 Å². The van der Waals surface area contributed by atoms with E-state index in [1.54, 1.807) is 0 Å². The molecule has 0 amide bonds. The molecular weight excluding hydrogens is 364 g/mol. The minimum atomic E-state index is -2.89. The molecule has 0 aliphatic carbocycles. The van der Waals surface area contributed by atoms with Crippen molar-refractivity contribution < 1.29 is 37.0 Å². The van der Waals surface area contributed by atoms with Crippen molar-refractivity contribution in [1.82, 2.24) is 0 Å². The molecule has 134 valence electrons. The Labute approximate surface area is 145 Å². The van der Waals surface area contributed by atoms with E-state index in [0.717, 1.165) is 0 Å². The van der Waals surface area contributed by atoms with Gasteiger partial charge in [-0.3, -0.25) is 4.79 Å². The highest BCUT2D eigenvalue weighted by Gasteiger charge is 2.07. The summed E-state index contributed by atoms with van der Waals surface area (Å²) < 4.78 is 51.3. The first kappa shape index (κ1) is 20.5. The van der Waals surface area contributed by atoms with Crippen LogP contribution in [0.15, 0.2) is 48.5 Å². The minimum absolute atomic E-state index is 0.0293. The predicted molar refractivity (Wildman–Crippen MR) is 84.7 cm³/mol. The maximum atomic E-state index is 12.0. The van der Waals surface area contributed by atoms with E-state index in [2.05, 4.69) is 17.4 Å². The maximum Gasteiger partial charge on any atom is 0.387 e. The molecule has 0 aromatic heterocycles. The largest absolute Gasteiger partial charge is 0.478 e. The highest BCUT2D eigenvalue weighted by Crippen LogP contribution is 2.19. The number of ether oxygens (including phenoxy) is 1. The molecule has 1 N–H and O–H groups in total. The van der Waals surface area contributed by atoms with Crippen LogP contribution in [-0.4, -0.2) is 22.8 Å². The molecule has 0 heterocycles. The van der Waals surface area contributed by atoms with Crippen LogP contribution >= 0.6 is 12.6 Å². The van der Waals surface area contributed by atoms with Gasteiger partial charge in [0.05, 0.1) is 5.56 Å². The average molecular weight is 376 g/mol. The Morgan fingerprint density at radius 3 is 1.72 bits per heavy atom. The molecule has 0 atom stereocenters. The molecule has 9 heteroatoms. The molecule has 0 bridgehead atoms. The molecule has 0 spiro atoms. The van der Waals surface area contributed by atoms with E-state index in [-0.39, 0.29) is 16.9 Å². The van der Waals surface area contributed by atoms with Gasteiger partial charge >= 0.3 is 12.6 Å². The molecule has 0 aliphatic heterocycles. The third kappa shape index (κ3) is 7.25. The van der Waals surface area contributed by atoms with Crippen molar-refractivity contribution in [3.8, 4) is 5.75 Å². The van der Waals surface area contributed by atoms with Crippen molar-refractivity contribution in [2.75, 3.05) is 0 Å². The Morgan fingerprint density at radius 1 is 0.880 bits per heavy atom. The molecule has 25 heavy (non-hydrogen) atoms. The summed E-state index contributed by atoms with van der Waals surface area (Å²) in [6.07, 6.45) is -2.49. The molecule has 4 nitrogen and oxygen atoms in total. The fourth-order valence-corrected chi connectivity index (χ4v) is 1.70. The molecule has 0 unspecified atom stereocenters. The van der Waals surface area contributed by atoms with E-state index in [0.29, 0.717) is 5.56 Å². The van der Waals surface area contributed by atoms with Gasteiger partial charge in [0.15, 0.2) is 0 Å². The van der Waals surface area contributed by atoms with Gasteiger partial charge in [0.1, 0.15) is 5.75 Å². The monoisotopic (exact) mass is 376 g/mol. The van der Waals surface area contributed by atoms with E-state index in [9.17, 15) is 27.2 Å². The number of carboxylic acids is 1. The first-order valence-corrected chi connectivity index (χ1v) is 7.05. The highest BCUT2D eigenvalue weighted by atomic mass is 32.1. The predicted octanol–water partition coefficient (Wildman–Crippen LogP) is 4.68. The second-order valence-corrected chi connectivity index (χ2v) is 4.84. The zero-order valence-corrected chi connectivity index (χ0v) is 13.3. The summed E-state index contributed by atoms with van der Waals surface area (Å²) in [4.78, 5) is 20.9. The van der Waals surface area contributed by atoms with Crippen molar-refractivity contribution in [2.45, 2.75) is 13.0 Å². The zero-order chi connectivity index (χ0) is 19.0. The van der Waals surface area contributed by atoms with Gasteiger partial charge in [-0.25, -0.2) is 13.6 Å². The number of carbonyl (C=O) groups is 2. The van der Waals surface area contributed by atoms with Gasteiger partial charge in [0.25, 0.3) is 6.43 Å². The molecule has 0 saturated carbocycles. The smallest absolute Gasteiger partial charge is 0.387 e. The highest BCUT2D eigenvalue weighted by molar-refractivity contribution is 7.97. The molecule has 2 aromatic carbocycles. The maximum absolute atomic E-state index is 12.0. The van der Waals surface area contributed by atoms with Gasteiger partial charge in [-0.2, -0.15) is 8.78 Å². The summed E-state index contributed by atoms with van der Waals surface area (Å²) in [5.74, 6) is -1.16. The molecule has 0 fully saturated rings. The molecule has 0 saturated heterocycles. The summed E-state index contributed by atoms with van der Waals surface area (Å²) in [6.45, 7) is -2.89. The standard InChI is InChI=1S/C8H6F2O3.C8H6F2OS/c9-8(10)13-6-3-1-5(2-4-6)7(11)12;9-7(10)5-1-3-6(4-2-5)8(11)12/h1-4,8H,(H,11,12);1-4,7H,(H,11,12). The van der Waals surface area contributed by atoms with Crippen molar-refractivity contribution in [2.24, 2.45) is 0 Å². The normalized spacial score (nSPS) is 10.2. The third-order valence-corrected chi connectivity index (χ3v) is 2.99. The fraction of sp³-hybridized carbons (Fsp3) is 0.125. The average Bonchev–Trinajstić information content (AvgIpc) is 2.55. The van der Waals surface area contributed by atoms with E-state index in [1.165, 1.54) is 48.5 Å². The van der Waals surface area contributed by atoms with Crippen LogP contribution < -0.4 is 4.74 Å². The van der Waals surface area contributed by atoms with E-state index >= 15 is 0 Å². The minimum Gasteiger partial charge on any atom is -0.478 e. The van der Waals surface area contributed by atoms with Gasteiger partial charge in [-0.15, -0.1) is 12.6 Å². The van der Waals surface area contributed by atoms with E-state index in [1.807, 2.05) is 0 Å². The number of rotatable bonds is 5. The summed E-state index contributed by atoms with van der Waals surface area (Å²) >= 11 is 3.55. The zero-order valence-electron chi connectivity index (χ0n) is 12.4. The van der Waals surface area contributed by atoms with Crippen LogP contribution in [0.4, 0.5) is 17.6 Å². The molecule has 2 rings (SSSR count). The molecule has 0 aliphatic rings. The number of hydrogen-bond acceptors (Lipinski definition) is 3. The van der Waals surface area contributed by atoms with Gasteiger partial charge < -0.3 is 9.84 Å². The summed E-state index contributed by atoms with van der Waals surface area (Å²) in [7, 11) is 0. The van der Waals surface area contributed by atoms with E-state index < -0.39 is 24.1 Å². The number of carboxylic acid groups (broad SMARTS) is 1. The lowest BCUT2D eigenvalue weighted by Crippen LogP contribution is -2.02. The van der Waals surface area contributed by atoms with Crippen molar-refractivity contribution in [3.63, 3.8) is 0 Å². The van der Waals surface area contributed by atoms with Crippen molar-refractivity contribution in [1.29, 1.82) is 0 Å². The SMILES string of the molecule is O=C(O)c1ccc(OC(F)F)cc1.O=C(S)c1ccc(C(F)F)cc1. The first-order valence-electron chi connectivity index (χ1n) is 6.60. The lowest BCUT2D eigenvalue weighted by Gasteiger charge is -2.03. The molecular formula is C16H12F4O4S. The number of thiol groups is 1. The second kappa shape index (κ2) is 9.67. The second-order valence-electron chi connectivity index (χ2n) is 4.44. The van der Waals surface area contributed by atoms with Crippen LogP contribution in [0.2, 0.25) is 0 Å². The Morgan fingerprint density at radius 2 is 1.36 bits per heavy atom. The summed E-state index contributed by atoms with van der Waals surface area (Å²) in [5, 5.41) is 8.05. The fourth-order valence-electron chi connectivity index (χ4n) is 1.55. The summed E-state index contributed by atoms with van der Waals surface area (Å²) in [5.41, 5.74) is 0.262. The Balaban J connectivity index is 0.000000251. The molecule has 2 aromatic rings. The Hall–Kier alpha value is -2.55. The lowest BCUT2D eigenvalue weighted by atomic mass is 10.1. The van der Waals surface area contributed by atoms with Gasteiger partial charge in [0.2, 0.25) is 5.12 Å². The van der Waals surface area contributed by atoms with Crippen molar-refractivity contribution in [3.05, 3.63) is 65.2 Å². The van der Waals surface area contributed by atoms with Crippen LogP contribution in [-0.2, 0) is 0 Å². The lowest BCUT2D eigenvalue weighted by molar-refractivity contribution is -0.0498. The first-order chi connectivity index (χ1) is 11.7. The Bertz CT molecular complexity index is 703. The number of benzene rings is 2. The number of carbonyl (C=O) groups excluding carboxylic acids is 1. The van der Waals surface area contributed by atoms with Crippen LogP contribution in [0.25, 0.3) is 0 Å².